The number of carbonyl (C=O) groups is 1. The molecule has 0 radical (unpaired) electrons. The van der Waals surface area contributed by atoms with E-state index < -0.39 is 0 Å². The molecule has 0 saturated carbocycles. The van der Waals surface area contributed by atoms with Gasteiger partial charge in [-0.25, -0.2) is 0 Å². The Labute approximate surface area is 183 Å². The Morgan fingerprint density at radius 1 is 1.10 bits per heavy atom. The molecule has 0 aliphatic carbocycles. The van der Waals surface area contributed by atoms with Crippen molar-refractivity contribution in [3.63, 3.8) is 0 Å². The molecule has 4 rings (SSSR count). The first-order valence-electron chi connectivity index (χ1n) is 9.42. The van der Waals surface area contributed by atoms with Gasteiger partial charge in [0.05, 0.1) is 17.1 Å². The molecule has 0 aliphatic heterocycles. The normalized spacial score (nSPS) is 11.4. The molecule has 0 saturated heterocycles. The zero-order valence-corrected chi connectivity index (χ0v) is 18.2. The van der Waals surface area contributed by atoms with Crippen molar-refractivity contribution >= 4 is 40.1 Å². The average Bonchev–Trinajstić information content (AvgIpc) is 3.31. The molecular formula is C22H19Cl2N3O3. The fourth-order valence-electron chi connectivity index (χ4n) is 3.22. The Hall–Kier alpha value is -2.83. The Morgan fingerprint density at radius 2 is 1.87 bits per heavy atom. The Balaban J connectivity index is 1.63. The summed E-state index contributed by atoms with van der Waals surface area (Å²) in [5.41, 5.74) is 2.00. The number of aromatic nitrogens is 2. The summed E-state index contributed by atoms with van der Waals surface area (Å²) >= 11 is 12.3. The second-order valence-electron chi connectivity index (χ2n) is 7.20. The van der Waals surface area contributed by atoms with Crippen LogP contribution in [0.2, 0.25) is 10.0 Å². The maximum Gasteiger partial charge on any atom is 0.290 e. The zero-order chi connectivity index (χ0) is 21.4. The minimum absolute atomic E-state index is 0.121. The Morgan fingerprint density at radius 3 is 2.60 bits per heavy atom. The van der Waals surface area contributed by atoms with Crippen molar-refractivity contribution in [3.8, 4) is 11.5 Å². The summed E-state index contributed by atoms with van der Waals surface area (Å²) in [6.07, 6.45) is 0. The van der Waals surface area contributed by atoms with Crippen LogP contribution in [0.1, 0.15) is 35.9 Å². The van der Waals surface area contributed by atoms with Gasteiger partial charge in [0.15, 0.2) is 5.76 Å². The number of benzene rings is 2. The standard InChI is InChI=1S/C22H19Cl2N3O3/c1-12(2)27(11-19-25-26-21(30-19)15-6-4-5-7-17(15)24)22(28)20-13(3)16-10-14(23)8-9-18(16)29-20/h4-10,12H,11H2,1-3H3. The van der Waals surface area contributed by atoms with Crippen LogP contribution in [-0.2, 0) is 6.54 Å². The van der Waals surface area contributed by atoms with E-state index in [9.17, 15) is 4.79 Å². The number of halogens is 2. The van der Waals surface area contributed by atoms with E-state index in [1.165, 1.54) is 0 Å². The first-order valence-corrected chi connectivity index (χ1v) is 10.2. The summed E-state index contributed by atoms with van der Waals surface area (Å²) in [5.74, 6) is 0.629. The molecule has 4 aromatic rings. The van der Waals surface area contributed by atoms with Gasteiger partial charge in [-0.1, -0.05) is 35.3 Å². The highest BCUT2D eigenvalue weighted by Gasteiger charge is 2.27. The van der Waals surface area contributed by atoms with Gasteiger partial charge in [-0.15, -0.1) is 10.2 Å². The topological polar surface area (TPSA) is 72.4 Å². The van der Waals surface area contributed by atoms with E-state index in [-0.39, 0.29) is 24.3 Å². The molecule has 0 unspecified atom stereocenters. The third-order valence-corrected chi connectivity index (χ3v) is 5.42. The lowest BCUT2D eigenvalue weighted by Gasteiger charge is -2.24. The summed E-state index contributed by atoms with van der Waals surface area (Å²) in [6, 6.07) is 12.4. The maximum absolute atomic E-state index is 13.3. The number of hydrogen-bond acceptors (Lipinski definition) is 5. The number of fused-ring (bicyclic) bond motifs is 1. The minimum Gasteiger partial charge on any atom is -0.451 e. The van der Waals surface area contributed by atoms with Gasteiger partial charge in [-0.2, -0.15) is 0 Å². The molecule has 0 aliphatic rings. The highest BCUT2D eigenvalue weighted by Crippen LogP contribution is 2.30. The number of carbonyl (C=O) groups excluding carboxylic acids is 1. The Bertz CT molecular complexity index is 1230. The number of amides is 1. The van der Waals surface area contributed by atoms with Gasteiger partial charge in [0.25, 0.3) is 5.91 Å². The van der Waals surface area contributed by atoms with E-state index in [2.05, 4.69) is 10.2 Å². The van der Waals surface area contributed by atoms with E-state index in [0.717, 1.165) is 10.9 Å². The number of nitrogens with zero attached hydrogens (tertiary/aromatic N) is 3. The van der Waals surface area contributed by atoms with E-state index in [0.29, 0.717) is 33.0 Å². The number of rotatable bonds is 5. The van der Waals surface area contributed by atoms with Gasteiger partial charge in [0.2, 0.25) is 11.8 Å². The molecule has 2 aromatic carbocycles. The molecule has 0 N–H and O–H groups in total. The molecule has 0 fully saturated rings. The molecule has 30 heavy (non-hydrogen) atoms. The first kappa shape index (κ1) is 20.4. The van der Waals surface area contributed by atoms with Crippen molar-refractivity contribution in [2.75, 3.05) is 0 Å². The highest BCUT2D eigenvalue weighted by molar-refractivity contribution is 6.33. The van der Waals surface area contributed by atoms with Crippen LogP contribution in [0.25, 0.3) is 22.4 Å². The van der Waals surface area contributed by atoms with Gasteiger partial charge >= 0.3 is 0 Å². The van der Waals surface area contributed by atoms with E-state index in [4.69, 9.17) is 32.0 Å². The average molecular weight is 444 g/mol. The molecular weight excluding hydrogens is 425 g/mol. The fourth-order valence-corrected chi connectivity index (χ4v) is 3.61. The number of furan rings is 1. The lowest BCUT2D eigenvalue weighted by molar-refractivity contribution is 0.0641. The van der Waals surface area contributed by atoms with Crippen molar-refractivity contribution in [1.29, 1.82) is 0 Å². The minimum atomic E-state index is -0.257. The molecule has 2 aromatic heterocycles. The van der Waals surface area contributed by atoms with Crippen molar-refractivity contribution in [3.05, 3.63) is 69.7 Å². The fraction of sp³-hybridized carbons (Fsp3) is 0.227. The van der Waals surface area contributed by atoms with Crippen molar-refractivity contribution in [2.45, 2.75) is 33.4 Å². The summed E-state index contributed by atoms with van der Waals surface area (Å²) in [4.78, 5) is 14.9. The van der Waals surface area contributed by atoms with Crippen LogP contribution >= 0.6 is 23.2 Å². The summed E-state index contributed by atoms with van der Waals surface area (Å²) in [6.45, 7) is 5.82. The van der Waals surface area contributed by atoms with Gasteiger partial charge in [0, 0.05) is 22.0 Å². The zero-order valence-electron chi connectivity index (χ0n) is 16.6. The second-order valence-corrected chi connectivity index (χ2v) is 8.05. The SMILES string of the molecule is Cc1c(C(=O)N(Cc2nnc(-c3ccccc3Cl)o2)C(C)C)oc2ccc(Cl)cc12. The first-order chi connectivity index (χ1) is 14.3. The molecule has 0 atom stereocenters. The summed E-state index contributed by atoms with van der Waals surface area (Å²) in [7, 11) is 0. The van der Waals surface area contributed by atoms with Crippen LogP contribution < -0.4 is 0 Å². The lowest BCUT2D eigenvalue weighted by Crippen LogP contribution is -2.36. The third kappa shape index (κ3) is 3.80. The predicted molar refractivity (Wildman–Crippen MR) is 116 cm³/mol. The molecule has 2 heterocycles. The van der Waals surface area contributed by atoms with Crippen LogP contribution in [0.3, 0.4) is 0 Å². The van der Waals surface area contributed by atoms with E-state index in [1.54, 1.807) is 35.2 Å². The molecule has 8 heteroatoms. The van der Waals surface area contributed by atoms with Gasteiger partial charge in [-0.3, -0.25) is 4.79 Å². The van der Waals surface area contributed by atoms with Crippen molar-refractivity contribution < 1.29 is 13.6 Å². The van der Waals surface area contributed by atoms with Crippen LogP contribution in [0, 0.1) is 6.92 Å². The highest BCUT2D eigenvalue weighted by atomic mass is 35.5. The third-order valence-electron chi connectivity index (χ3n) is 4.85. The van der Waals surface area contributed by atoms with E-state index >= 15 is 0 Å². The number of hydrogen-bond donors (Lipinski definition) is 0. The van der Waals surface area contributed by atoms with Gasteiger partial charge in [-0.05, 0) is 51.1 Å². The number of aryl methyl sites for hydroxylation is 1. The van der Waals surface area contributed by atoms with Crippen LogP contribution in [0.4, 0.5) is 0 Å². The molecule has 1 amide bonds. The predicted octanol–water partition coefficient (Wildman–Crippen LogP) is 6.15. The second kappa shape index (κ2) is 8.13. The molecule has 0 spiro atoms. The van der Waals surface area contributed by atoms with Crippen LogP contribution in [0.15, 0.2) is 51.3 Å². The molecule has 0 bridgehead atoms. The van der Waals surface area contributed by atoms with Crippen molar-refractivity contribution in [1.82, 2.24) is 15.1 Å². The van der Waals surface area contributed by atoms with E-state index in [1.807, 2.05) is 32.9 Å². The van der Waals surface area contributed by atoms with Gasteiger partial charge in [0.1, 0.15) is 5.58 Å². The smallest absolute Gasteiger partial charge is 0.290 e. The summed E-state index contributed by atoms with van der Waals surface area (Å²) in [5, 5.41) is 10.1. The quantitative estimate of drug-likeness (QED) is 0.369. The molecule has 6 nitrogen and oxygen atoms in total. The van der Waals surface area contributed by atoms with Crippen molar-refractivity contribution in [2.24, 2.45) is 0 Å². The molecule has 154 valence electrons. The summed E-state index contributed by atoms with van der Waals surface area (Å²) < 4.78 is 11.6. The maximum atomic E-state index is 13.3. The van der Waals surface area contributed by atoms with Crippen LogP contribution in [-0.4, -0.2) is 27.0 Å². The largest absolute Gasteiger partial charge is 0.451 e. The monoisotopic (exact) mass is 443 g/mol. The van der Waals surface area contributed by atoms with Crippen LogP contribution in [0.5, 0.6) is 0 Å². The van der Waals surface area contributed by atoms with Gasteiger partial charge < -0.3 is 13.7 Å². The lowest BCUT2D eigenvalue weighted by atomic mass is 10.1. The Kier molecular flexibility index (Phi) is 5.54.